The number of nitrogens with zero attached hydrogens (tertiary/aromatic N) is 4. The largest absolute Gasteiger partial charge is 0.376 e. The molecule has 1 fully saturated rings. The van der Waals surface area contributed by atoms with Crippen molar-refractivity contribution in [1.29, 1.82) is 0 Å². The van der Waals surface area contributed by atoms with Crippen LogP contribution in [0.25, 0.3) is 5.57 Å². The summed E-state index contributed by atoms with van der Waals surface area (Å²) in [7, 11) is -0.493. The van der Waals surface area contributed by atoms with Crippen LogP contribution in [0, 0.1) is 10.1 Å². The molecule has 2 aliphatic rings. The van der Waals surface area contributed by atoms with Crippen LogP contribution in [-0.4, -0.2) is 94.2 Å². The Morgan fingerprint density at radius 1 is 0.945 bits per heavy atom. The highest BCUT2D eigenvalue weighted by molar-refractivity contribution is 7.99. The number of nitro benzene ring substituents is 1. The lowest BCUT2D eigenvalue weighted by atomic mass is 10.0. The molecule has 1 aliphatic heterocycles. The average molecular weight is 803 g/mol. The Kier molecular flexibility index (Phi) is 13.5. The van der Waals surface area contributed by atoms with Crippen molar-refractivity contribution in [2.75, 3.05) is 69.3 Å². The van der Waals surface area contributed by atoms with Crippen LogP contribution >= 0.6 is 23.4 Å². The normalized spacial score (nSPS) is 15.7. The van der Waals surface area contributed by atoms with Crippen LogP contribution in [0.4, 0.5) is 17.1 Å². The quantitative estimate of drug-likeness (QED) is 0.0663. The summed E-state index contributed by atoms with van der Waals surface area (Å²) >= 11 is 7.75. The van der Waals surface area contributed by atoms with E-state index in [2.05, 4.69) is 32.0 Å². The molecule has 0 radical (unpaired) electrons. The topological polar surface area (TPSA) is 128 Å². The predicted molar refractivity (Wildman–Crippen MR) is 223 cm³/mol. The minimum atomic E-state index is -4.42. The third-order valence-corrected chi connectivity index (χ3v) is 12.7. The molecular formula is C41H47ClN6O5S2. The zero-order valence-electron chi connectivity index (χ0n) is 31.1. The Morgan fingerprint density at radius 2 is 1.65 bits per heavy atom. The Morgan fingerprint density at radius 3 is 2.33 bits per heavy atom. The number of piperazine rings is 1. The molecule has 6 rings (SSSR count). The van der Waals surface area contributed by atoms with Gasteiger partial charge in [-0.05, 0) is 118 Å². The monoisotopic (exact) mass is 802 g/mol. The number of thioether (sulfide) groups is 1. The van der Waals surface area contributed by atoms with Gasteiger partial charge in [0.05, 0.1) is 9.82 Å². The van der Waals surface area contributed by atoms with E-state index in [4.69, 9.17) is 11.6 Å². The number of carbonyl (C=O) groups excluding carboxylic acids is 1. The van der Waals surface area contributed by atoms with Crippen LogP contribution < -0.4 is 14.9 Å². The summed E-state index contributed by atoms with van der Waals surface area (Å²) in [4.78, 5) is 32.2. The van der Waals surface area contributed by atoms with Crippen molar-refractivity contribution in [3.8, 4) is 0 Å². The number of sulfonamides is 1. The van der Waals surface area contributed by atoms with Gasteiger partial charge in [0.2, 0.25) is 0 Å². The summed E-state index contributed by atoms with van der Waals surface area (Å²) in [5.74, 6) is -0.172. The Hall–Kier alpha value is -4.40. The van der Waals surface area contributed by atoms with E-state index in [0.29, 0.717) is 12.2 Å². The van der Waals surface area contributed by atoms with Crippen molar-refractivity contribution in [3.05, 3.63) is 129 Å². The molecule has 11 nitrogen and oxygen atoms in total. The summed E-state index contributed by atoms with van der Waals surface area (Å²) in [6, 6.07) is 28.4. The highest BCUT2D eigenvalue weighted by Gasteiger charge is 2.26. The molecule has 0 spiro atoms. The number of amides is 1. The van der Waals surface area contributed by atoms with Crippen molar-refractivity contribution in [2.45, 2.75) is 41.5 Å². The number of hydrogen-bond acceptors (Lipinski definition) is 10. The van der Waals surface area contributed by atoms with Crippen molar-refractivity contribution >= 4 is 61.9 Å². The van der Waals surface area contributed by atoms with Gasteiger partial charge in [-0.3, -0.25) is 19.8 Å². The molecule has 1 atom stereocenters. The van der Waals surface area contributed by atoms with Gasteiger partial charge < -0.3 is 15.1 Å². The van der Waals surface area contributed by atoms with Gasteiger partial charge in [0.1, 0.15) is 5.69 Å². The lowest BCUT2D eigenvalue weighted by molar-refractivity contribution is -0.384. The second kappa shape index (κ2) is 18.5. The van der Waals surface area contributed by atoms with Crippen molar-refractivity contribution in [3.63, 3.8) is 0 Å². The summed E-state index contributed by atoms with van der Waals surface area (Å²) in [6.45, 7) is 5.17. The SMILES string of the molecule is CN(C)CC[C@H](CSc1ccccc1)Nc1ccc(S(=O)(=O)NC(=O)c2ccc(N3CCN(CC4=C(c5ccc(Cl)cc5)CCC4)CC3)cc2)cc1[N+](=O)[O-]. The lowest BCUT2D eigenvalue weighted by Gasteiger charge is -2.36. The van der Waals surface area contributed by atoms with Crippen LogP contribution in [0.2, 0.25) is 5.02 Å². The lowest BCUT2D eigenvalue weighted by Crippen LogP contribution is -2.47. The maximum absolute atomic E-state index is 13.3. The highest BCUT2D eigenvalue weighted by atomic mass is 35.5. The van der Waals surface area contributed by atoms with Crippen LogP contribution in [0.3, 0.4) is 0 Å². The molecule has 4 aromatic rings. The first kappa shape index (κ1) is 40.3. The second-order valence-electron chi connectivity index (χ2n) is 14.2. The van der Waals surface area contributed by atoms with E-state index >= 15 is 0 Å². The average Bonchev–Trinajstić information content (AvgIpc) is 3.64. The number of nitro groups is 1. The van der Waals surface area contributed by atoms with E-state index < -0.39 is 20.9 Å². The number of halogens is 1. The maximum atomic E-state index is 13.3. The predicted octanol–water partition coefficient (Wildman–Crippen LogP) is 7.65. The van der Waals surface area contributed by atoms with Gasteiger partial charge in [-0.2, -0.15) is 0 Å². The van der Waals surface area contributed by atoms with Gasteiger partial charge in [0.15, 0.2) is 0 Å². The first-order valence-corrected chi connectivity index (χ1v) is 21.3. The van der Waals surface area contributed by atoms with Crippen molar-refractivity contribution in [2.24, 2.45) is 0 Å². The summed E-state index contributed by atoms with van der Waals surface area (Å²) in [6.07, 6.45) is 4.09. The van der Waals surface area contributed by atoms with E-state index in [9.17, 15) is 23.3 Å². The number of anilines is 2. The first-order chi connectivity index (χ1) is 26.4. The zero-order chi connectivity index (χ0) is 39.0. The molecule has 290 valence electrons. The van der Waals surface area contributed by atoms with Crippen LogP contribution in [-0.2, 0) is 10.0 Å². The van der Waals surface area contributed by atoms with E-state index in [0.717, 1.165) is 73.8 Å². The van der Waals surface area contributed by atoms with Crippen molar-refractivity contribution < 1.29 is 18.1 Å². The van der Waals surface area contributed by atoms with Gasteiger partial charge in [0.25, 0.3) is 21.6 Å². The fraction of sp³-hybridized carbons (Fsp3) is 0.341. The number of benzene rings is 4. The number of hydrogen-bond donors (Lipinski definition) is 2. The Labute approximate surface area is 332 Å². The maximum Gasteiger partial charge on any atom is 0.293 e. The smallest absolute Gasteiger partial charge is 0.293 e. The fourth-order valence-corrected chi connectivity index (χ4v) is 9.09. The molecule has 0 unspecified atom stereocenters. The molecule has 14 heteroatoms. The third kappa shape index (κ3) is 10.9. The molecule has 2 N–H and O–H groups in total. The van der Waals surface area contributed by atoms with Crippen LogP contribution in [0.5, 0.6) is 0 Å². The standard InChI is InChI=1S/C41H47ClN6O5S2/c1-45(2)22-21-34(29-54-36-8-4-3-5-9-36)43-39-20-19-37(27-40(39)48(50)51)55(52,53)44-41(49)31-13-17-35(18-14-31)47-25-23-46(24-26-47)28-32-7-6-10-38(32)30-11-15-33(42)16-12-30/h3-5,8-9,11-20,27,34,43H,6-7,10,21-26,28-29H2,1-2H3,(H,44,49)/t34-/m1/s1. The first-order valence-electron chi connectivity index (χ1n) is 18.4. The van der Waals surface area contributed by atoms with Crippen LogP contribution in [0.15, 0.2) is 112 Å². The Bertz CT molecular complexity index is 2090. The number of allylic oxidation sites excluding steroid dienone is 1. The van der Waals surface area contributed by atoms with Crippen molar-refractivity contribution in [1.82, 2.24) is 14.5 Å². The number of carbonyl (C=O) groups is 1. The molecule has 0 aromatic heterocycles. The van der Waals surface area contributed by atoms with Gasteiger partial charge in [-0.1, -0.05) is 47.5 Å². The number of rotatable bonds is 16. The summed E-state index contributed by atoms with van der Waals surface area (Å²) in [5.41, 5.74) is 5.14. The van der Waals surface area contributed by atoms with E-state index in [1.165, 1.54) is 35.3 Å². The molecule has 1 amide bonds. The van der Waals surface area contributed by atoms with E-state index in [-0.39, 0.29) is 27.9 Å². The molecule has 1 heterocycles. The van der Waals surface area contributed by atoms with Gasteiger partial charge in [-0.15, -0.1) is 11.8 Å². The molecule has 0 bridgehead atoms. The second-order valence-corrected chi connectivity index (χ2v) is 17.4. The van der Waals surface area contributed by atoms with Gasteiger partial charge >= 0.3 is 0 Å². The zero-order valence-corrected chi connectivity index (χ0v) is 33.5. The summed E-state index contributed by atoms with van der Waals surface area (Å²) in [5, 5.41) is 16.2. The van der Waals surface area contributed by atoms with E-state index in [1.807, 2.05) is 73.6 Å². The Balaban J connectivity index is 1.05. The molecule has 4 aromatic carbocycles. The minimum absolute atomic E-state index is 0.135. The summed E-state index contributed by atoms with van der Waals surface area (Å²) < 4.78 is 28.8. The molecular weight excluding hydrogens is 756 g/mol. The third-order valence-electron chi connectivity index (χ3n) is 9.99. The number of nitrogens with one attached hydrogen (secondary N) is 2. The molecule has 0 saturated carbocycles. The van der Waals surface area contributed by atoms with E-state index in [1.54, 1.807) is 23.9 Å². The minimum Gasteiger partial charge on any atom is -0.376 e. The highest BCUT2D eigenvalue weighted by Crippen LogP contribution is 2.35. The molecule has 1 aliphatic carbocycles. The van der Waals surface area contributed by atoms with Gasteiger partial charge in [-0.25, -0.2) is 13.1 Å². The van der Waals surface area contributed by atoms with Crippen LogP contribution in [0.1, 0.15) is 41.6 Å². The fourth-order valence-electron chi connectivity index (χ4n) is 6.97. The molecule has 55 heavy (non-hydrogen) atoms. The molecule has 1 saturated heterocycles. The van der Waals surface area contributed by atoms with Gasteiger partial charge in [0, 0.05) is 71.8 Å².